The number of hydrogen-bond donors (Lipinski definition) is 0. The highest BCUT2D eigenvalue weighted by Gasteiger charge is 2.37. The van der Waals surface area contributed by atoms with E-state index >= 15 is 0 Å². The maximum Gasteiger partial charge on any atom is 0.115 e. The van der Waals surface area contributed by atoms with Gasteiger partial charge >= 0.3 is 0 Å². The van der Waals surface area contributed by atoms with Crippen molar-refractivity contribution >= 4 is 21.6 Å². The van der Waals surface area contributed by atoms with Crippen LogP contribution in [0.4, 0.5) is 0 Å². The number of hydrogen-bond acceptors (Lipinski definition) is 5. The van der Waals surface area contributed by atoms with Gasteiger partial charge in [-0.1, -0.05) is 6.07 Å². The second-order valence-electron chi connectivity index (χ2n) is 6.57. The van der Waals surface area contributed by atoms with Gasteiger partial charge in [-0.3, -0.25) is 0 Å². The molecule has 4 nitrogen and oxygen atoms in total. The molecule has 0 radical (unpaired) electrons. The van der Waals surface area contributed by atoms with E-state index in [-0.39, 0.29) is 0 Å². The molecule has 2 aliphatic rings. The molecule has 116 valence electrons. The maximum absolute atomic E-state index is 4.88. The Hall–Kier alpha value is -1.85. The fourth-order valence-corrected chi connectivity index (χ4v) is 4.67. The van der Waals surface area contributed by atoms with E-state index in [1.165, 1.54) is 47.6 Å². The van der Waals surface area contributed by atoms with E-state index in [2.05, 4.69) is 33.1 Å². The third kappa shape index (κ3) is 2.35. The van der Waals surface area contributed by atoms with Crippen molar-refractivity contribution in [2.45, 2.75) is 31.2 Å². The predicted octanol–water partition coefficient (Wildman–Crippen LogP) is 3.71. The number of thiazole rings is 1. The van der Waals surface area contributed by atoms with Crippen LogP contribution < -0.4 is 0 Å². The largest absolute Gasteiger partial charge is 0.300 e. The van der Waals surface area contributed by atoms with Crippen LogP contribution in [-0.4, -0.2) is 39.0 Å². The molecule has 3 aromatic rings. The van der Waals surface area contributed by atoms with Crippen LogP contribution in [0.15, 0.2) is 36.9 Å². The van der Waals surface area contributed by atoms with Crippen LogP contribution in [0.3, 0.4) is 0 Å². The van der Waals surface area contributed by atoms with E-state index in [9.17, 15) is 0 Å². The van der Waals surface area contributed by atoms with Crippen molar-refractivity contribution in [1.29, 1.82) is 0 Å². The molecule has 5 rings (SSSR count). The van der Waals surface area contributed by atoms with Gasteiger partial charge in [0.2, 0.25) is 0 Å². The molecule has 1 aromatic carbocycles. The molecule has 1 saturated heterocycles. The van der Waals surface area contributed by atoms with Crippen molar-refractivity contribution in [1.82, 2.24) is 19.9 Å². The molecule has 23 heavy (non-hydrogen) atoms. The first-order chi connectivity index (χ1) is 11.4. The Morgan fingerprint density at radius 3 is 2.61 bits per heavy atom. The molecule has 2 fully saturated rings. The smallest absolute Gasteiger partial charge is 0.115 e. The lowest BCUT2D eigenvalue weighted by molar-refractivity contribution is 0.0541. The lowest BCUT2D eigenvalue weighted by atomic mass is 9.78. The van der Waals surface area contributed by atoms with Gasteiger partial charge in [-0.25, -0.2) is 15.0 Å². The highest BCUT2D eigenvalue weighted by Crippen LogP contribution is 2.43. The molecule has 3 heterocycles. The van der Waals surface area contributed by atoms with Crippen LogP contribution in [-0.2, 0) is 0 Å². The molecule has 1 aliphatic carbocycles. The van der Waals surface area contributed by atoms with Crippen LogP contribution in [0.1, 0.15) is 30.2 Å². The van der Waals surface area contributed by atoms with Gasteiger partial charge in [0.05, 0.1) is 15.2 Å². The molecule has 1 saturated carbocycles. The Morgan fingerprint density at radius 2 is 1.87 bits per heavy atom. The standard InChI is InChI=1S/C18H18N4S/c1-4-22(5-1)15-6-13(7-15)18-21-16-3-2-12(8-17(16)23-18)14-9-19-11-20-10-14/h2-3,8-11,13,15H,1,4-7H2/t13-,15-. The summed E-state index contributed by atoms with van der Waals surface area (Å²) in [6, 6.07) is 7.29. The molecular weight excluding hydrogens is 304 g/mol. The first-order valence-electron chi connectivity index (χ1n) is 8.27. The normalized spacial score (nSPS) is 24.3. The van der Waals surface area contributed by atoms with Gasteiger partial charge in [0.15, 0.2) is 0 Å². The molecule has 5 heteroatoms. The van der Waals surface area contributed by atoms with Gasteiger partial charge in [0.25, 0.3) is 0 Å². The number of nitrogens with zero attached hydrogens (tertiary/aromatic N) is 4. The number of aromatic nitrogens is 3. The summed E-state index contributed by atoms with van der Waals surface area (Å²) in [5.41, 5.74) is 3.35. The molecule has 0 spiro atoms. The zero-order valence-electron chi connectivity index (χ0n) is 12.9. The fourth-order valence-electron chi connectivity index (χ4n) is 3.54. The predicted molar refractivity (Wildman–Crippen MR) is 92.6 cm³/mol. The van der Waals surface area contributed by atoms with E-state index in [4.69, 9.17) is 4.98 Å². The van der Waals surface area contributed by atoms with Gasteiger partial charge < -0.3 is 4.90 Å². The number of fused-ring (bicyclic) bond motifs is 1. The number of rotatable bonds is 3. The molecule has 1 aliphatic heterocycles. The van der Waals surface area contributed by atoms with E-state index in [0.29, 0.717) is 5.92 Å². The quantitative estimate of drug-likeness (QED) is 0.737. The average Bonchev–Trinajstić information content (AvgIpc) is 2.91. The summed E-state index contributed by atoms with van der Waals surface area (Å²) < 4.78 is 1.27. The Kier molecular flexibility index (Phi) is 3.16. The lowest BCUT2D eigenvalue weighted by Crippen LogP contribution is -2.50. The van der Waals surface area contributed by atoms with E-state index in [1.54, 1.807) is 6.33 Å². The third-order valence-electron chi connectivity index (χ3n) is 5.17. The highest BCUT2D eigenvalue weighted by molar-refractivity contribution is 7.18. The second-order valence-corrected chi connectivity index (χ2v) is 7.64. The Morgan fingerprint density at radius 1 is 1.04 bits per heavy atom. The Balaban J connectivity index is 1.40. The Bertz CT molecular complexity index is 835. The van der Waals surface area contributed by atoms with Crippen molar-refractivity contribution in [3.63, 3.8) is 0 Å². The minimum absolute atomic E-state index is 0.668. The monoisotopic (exact) mass is 322 g/mol. The summed E-state index contributed by atoms with van der Waals surface area (Å²) in [6.07, 6.45) is 9.25. The van der Waals surface area contributed by atoms with Crippen molar-refractivity contribution in [2.75, 3.05) is 13.1 Å². The first-order valence-corrected chi connectivity index (χ1v) is 9.08. The highest BCUT2D eigenvalue weighted by atomic mass is 32.1. The minimum Gasteiger partial charge on any atom is -0.300 e. The SMILES string of the molecule is c1ncc(-c2ccc3nc([C@H]4C[C@H](N5CCC5)C4)sc3c2)cn1. The molecular formula is C18H18N4S. The van der Waals surface area contributed by atoms with E-state index in [0.717, 1.165) is 17.1 Å². The summed E-state index contributed by atoms with van der Waals surface area (Å²) in [7, 11) is 0. The number of likely N-dealkylation sites (tertiary alicyclic amines) is 1. The fraction of sp³-hybridized carbons (Fsp3) is 0.389. The van der Waals surface area contributed by atoms with Gasteiger partial charge in [-0.15, -0.1) is 11.3 Å². The molecule has 0 unspecified atom stereocenters. The zero-order chi connectivity index (χ0) is 15.2. The summed E-state index contributed by atoms with van der Waals surface area (Å²) in [4.78, 5) is 15.7. The van der Waals surface area contributed by atoms with Crippen LogP contribution in [0.25, 0.3) is 21.3 Å². The van der Waals surface area contributed by atoms with Crippen LogP contribution >= 0.6 is 11.3 Å². The summed E-state index contributed by atoms with van der Waals surface area (Å²) in [5, 5.41) is 1.32. The van der Waals surface area contributed by atoms with Gasteiger partial charge in [0.1, 0.15) is 6.33 Å². The molecule has 2 aromatic heterocycles. The Labute approximate surface area is 139 Å². The van der Waals surface area contributed by atoms with Crippen LogP contribution in [0.5, 0.6) is 0 Å². The summed E-state index contributed by atoms with van der Waals surface area (Å²) in [5.74, 6) is 0.668. The van der Waals surface area contributed by atoms with E-state index < -0.39 is 0 Å². The third-order valence-corrected chi connectivity index (χ3v) is 6.35. The molecule has 0 N–H and O–H groups in total. The second kappa shape index (κ2) is 5.35. The number of benzene rings is 1. The molecule has 0 bridgehead atoms. The minimum atomic E-state index is 0.668. The van der Waals surface area contributed by atoms with Crippen molar-refractivity contribution in [3.8, 4) is 11.1 Å². The van der Waals surface area contributed by atoms with Gasteiger partial charge in [-0.2, -0.15) is 0 Å². The van der Waals surface area contributed by atoms with Gasteiger partial charge in [0, 0.05) is 29.9 Å². The van der Waals surface area contributed by atoms with Crippen molar-refractivity contribution in [3.05, 3.63) is 41.9 Å². The van der Waals surface area contributed by atoms with E-state index in [1.807, 2.05) is 23.7 Å². The van der Waals surface area contributed by atoms with Crippen LogP contribution in [0, 0.1) is 0 Å². The summed E-state index contributed by atoms with van der Waals surface area (Å²) >= 11 is 1.86. The summed E-state index contributed by atoms with van der Waals surface area (Å²) in [6.45, 7) is 2.61. The van der Waals surface area contributed by atoms with Crippen molar-refractivity contribution in [2.24, 2.45) is 0 Å². The van der Waals surface area contributed by atoms with Crippen LogP contribution in [0.2, 0.25) is 0 Å². The first kappa shape index (κ1) is 13.6. The average molecular weight is 322 g/mol. The molecule has 0 amide bonds. The maximum atomic E-state index is 4.88. The zero-order valence-corrected chi connectivity index (χ0v) is 13.7. The van der Waals surface area contributed by atoms with Crippen molar-refractivity contribution < 1.29 is 0 Å². The van der Waals surface area contributed by atoms with Gasteiger partial charge in [-0.05, 0) is 50.0 Å². The lowest BCUT2D eigenvalue weighted by Gasteiger charge is -2.46. The topological polar surface area (TPSA) is 41.9 Å². The molecule has 0 atom stereocenters.